The van der Waals surface area contributed by atoms with Gasteiger partial charge in [0, 0.05) is 23.2 Å². The lowest BCUT2D eigenvalue weighted by molar-refractivity contribution is -0.383. The number of carbonyl (C=O) groups is 1. The van der Waals surface area contributed by atoms with Crippen LogP contribution in [-0.2, 0) is 0 Å². The van der Waals surface area contributed by atoms with Crippen LogP contribution in [0.15, 0.2) is 29.8 Å². The molecule has 0 radical (unpaired) electrons. The van der Waals surface area contributed by atoms with Crippen LogP contribution in [0.1, 0.15) is 34.8 Å². The number of amides is 1. The van der Waals surface area contributed by atoms with E-state index in [1.165, 1.54) is 29.5 Å². The van der Waals surface area contributed by atoms with E-state index in [4.69, 9.17) is 5.73 Å². The number of hydrogen-bond acceptors (Lipinski definition) is 6. The Labute approximate surface area is 125 Å². The van der Waals surface area contributed by atoms with E-state index < -0.39 is 4.92 Å². The van der Waals surface area contributed by atoms with Gasteiger partial charge in [-0.15, -0.1) is 11.3 Å². The molecule has 1 heterocycles. The van der Waals surface area contributed by atoms with Gasteiger partial charge in [-0.3, -0.25) is 14.9 Å². The molecule has 0 aliphatic heterocycles. The second-order valence-corrected chi connectivity index (χ2v) is 5.26. The zero-order valence-corrected chi connectivity index (χ0v) is 12.1. The average molecular weight is 306 g/mol. The standard InChI is InChI=1S/C13H14N4O3S/c1-2-10(13-15-5-6-21-13)16-12(18)8-3-4-11(17(19)20)9(14)7-8/h3-7,10H,2,14H2,1H3,(H,16,18). The fourth-order valence-corrected chi connectivity index (χ4v) is 2.62. The van der Waals surface area contributed by atoms with Gasteiger partial charge in [0.2, 0.25) is 0 Å². The molecule has 3 N–H and O–H groups in total. The molecule has 21 heavy (non-hydrogen) atoms. The number of nitro groups is 1. The molecule has 1 amide bonds. The highest BCUT2D eigenvalue weighted by Gasteiger charge is 2.18. The number of nitro benzene ring substituents is 1. The fraction of sp³-hybridized carbons (Fsp3) is 0.231. The number of nitrogens with one attached hydrogen (secondary N) is 1. The molecular weight excluding hydrogens is 292 g/mol. The number of nitrogens with two attached hydrogens (primary N) is 1. The van der Waals surface area contributed by atoms with Crippen molar-refractivity contribution in [3.05, 3.63) is 50.5 Å². The zero-order chi connectivity index (χ0) is 15.4. The third-order valence-electron chi connectivity index (χ3n) is 2.95. The fourth-order valence-electron chi connectivity index (χ4n) is 1.85. The molecule has 0 spiro atoms. The Bertz CT molecular complexity index is 657. The van der Waals surface area contributed by atoms with Crippen LogP contribution in [0.4, 0.5) is 11.4 Å². The Balaban J connectivity index is 2.16. The molecule has 0 bridgehead atoms. The van der Waals surface area contributed by atoms with Crippen LogP contribution < -0.4 is 11.1 Å². The van der Waals surface area contributed by atoms with Crippen LogP contribution in [0, 0.1) is 10.1 Å². The molecule has 1 aromatic carbocycles. The highest BCUT2D eigenvalue weighted by atomic mass is 32.1. The molecule has 8 heteroatoms. The average Bonchev–Trinajstić information content (AvgIpc) is 2.97. The summed E-state index contributed by atoms with van der Waals surface area (Å²) in [6.45, 7) is 1.94. The first-order valence-electron chi connectivity index (χ1n) is 6.27. The number of nitrogen functional groups attached to an aromatic ring is 1. The Kier molecular flexibility index (Phi) is 4.49. The molecule has 110 valence electrons. The lowest BCUT2D eigenvalue weighted by atomic mass is 10.1. The van der Waals surface area contributed by atoms with Crippen molar-refractivity contribution in [2.24, 2.45) is 0 Å². The molecule has 0 aliphatic rings. The van der Waals surface area contributed by atoms with E-state index >= 15 is 0 Å². The minimum Gasteiger partial charge on any atom is -0.393 e. The Morgan fingerprint density at radius 2 is 2.33 bits per heavy atom. The summed E-state index contributed by atoms with van der Waals surface area (Å²) in [6.07, 6.45) is 2.38. The maximum absolute atomic E-state index is 12.2. The van der Waals surface area contributed by atoms with Crippen molar-refractivity contribution in [2.75, 3.05) is 5.73 Å². The summed E-state index contributed by atoms with van der Waals surface area (Å²) in [7, 11) is 0. The highest BCUT2D eigenvalue weighted by Crippen LogP contribution is 2.23. The van der Waals surface area contributed by atoms with Gasteiger partial charge in [0.25, 0.3) is 11.6 Å². The number of hydrogen-bond donors (Lipinski definition) is 2. The summed E-state index contributed by atoms with van der Waals surface area (Å²) >= 11 is 1.46. The van der Waals surface area contributed by atoms with Gasteiger partial charge in [0.15, 0.2) is 0 Å². The molecule has 1 aromatic heterocycles. The quantitative estimate of drug-likeness (QED) is 0.501. The Morgan fingerprint density at radius 1 is 1.57 bits per heavy atom. The second kappa shape index (κ2) is 6.31. The molecule has 1 atom stereocenters. The first-order valence-corrected chi connectivity index (χ1v) is 7.15. The van der Waals surface area contributed by atoms with E-state index in [9.17, 15) is 14.9 Å². The van der Waals surface area contributed by atoms with Crippen molar-refractivity contribution < 1.29 is 9.72 Å². The predicted octanol–water partition coefficient (Wildman–Crippen LogP) is 2.51. The van der Waals surface area contributed by atoms with Gasteiger partial charge in [-0.05, 0) is 18.6 Å². The van der Waals surface area contributed by atoms with E-state index in [2.05, 4.69) is 10.3 Å². The number of thiazole rings is 1. The van der Waals surface area contributed by atoms with Crippen molar-refractivity contribution in [1.82, 2.24) is 10.3 Å². The molecule has 0 saturated carbocycles. The van der Waals surface area contributed by atoms with Gasteiger partial charge in [0.05, 0.1) is 11.0 Å². The number of aromatic nitrogens is 1. The maximum atomic E-state index is 12.2. The van der Waals surface area contributed by atoms with Crippen molar-refractivity contribution in [3.8, 4) is 0 Å². The van der Waals surface area contributed by atoms with Crippen LogP contribution in [0.3, 0.4) is 0 Å². The van der Waals surface area contributed by atoms with E-state index in [0.29, 0.717) is 6.42 Å². The largest absolute Gasteiger partial charge is 0.393 e. The minimum absolute atomic E-state index is 0.0325. The smallest absolute Gasteiger partial charge is 0.292 e. The minimum atomic E-state index is -0.582. The number of carbonyl (C=O) groups excluding carboxylic acids is 1. The summed E-state index contributed by atoms with van der Waals surface area (Å²) in [4.78, 5) is 26.5. The monoisotopic (exact) mass is 306 g/mol. The summed E-state index contributed by atoms with van der Waals surface area (Å²) < 4.78 is 0. The van der Waals surface area contributed by atoms with Gasteiger partial charge in [-0.1, -0.05) is 6.92 Å². The third-order valence-corrected chi connectivity index (χ3v) is 3.84. The first kappa shape index (κ1) is 14.9. The summed E-state index contributed by atoms with van der Waals surface area (Å²) in [5, 5.41) is 16.2. The first-order chi connectivity index (χ1) is 10.0. The number of nitrogens with zero attached hydrogens (tertiary/aromatic N) is 2. The van der Waals surface area contributed by atoms with Crippen molar-refractivity contribution in [2.45, 2.75) is 19.4 Å². The summed E-state index contributed by atoms with van der Waals surface area (Å²) in [5.74, 6) is -0.335. The molecule has 2 rings (SSSR count). The second-order valence-electron chi connectivity index (χ2n) is 4.34. The maximum Gasteiger partial charge on any atom is 0.292 e. The van der Waals surface area contributed by atoms with Crippen LogP contribution in [0.5, 0.6) is 0 Å². The van der Waals surface area contributed by atoms with E-state index in [-0.39, 0.29) is 28.9 Å². The van der Waals surface area contributed by atoms with Gasteiger partial charge in [-0.25, -0.2) is 4.98 Å². The van der Waals surface area contributed by atoms with Crippen LogP contribution in [0.25, 0.3) is 0 Å². The van der Waals surface area contributed by atoms with E-state index in [0.717, 1.165) is 5.01 Å². The Hall–Kier alpha value is -2.48. The zero-order valence-electron chi connectivity index (χ0n) is 11.3. The number of anilines is 1. The highest BCUT2D eigenvalue weighted by molar-refractivity contribution is 7.09. The van der Waals surface area contributed by atoms with Crippen molar-refractivity contribution in [1.29, 1.82) is 0 Å². The topological polar surface area (TPSA) is 111 Å². The Morgan fingerprint density at radius 3 is 2.86 bits per heavy atom. The van der Waals surface area contributed by atoms with Crippen LogP contribution in [0.2, 0.25) is 0 Å². The number of rotatable bonds is 5. The van der Waals surface area contributed by atoms with E-state index in [1.54, 1.807) is 6.20 Å². The molecule has 7 nitrogen and oxygen atoms in total. The molecule has 1 unspecified atom stereocenters. The summed E-state index contributed by atoms with van der Waals surface area (Å²) in [6, 6.07) is 3.74. The molecular formula is C13H14N4O3S. The SMILES string of the molecule is CCC(NC(=O)c1ccc([N+](=O)[O-])c(N)c1)c1nccs1. The summed E-state index contributed by atoms with van der Waals surface area (Å²) in [5.41, 5.74) is 5.63. The van der Waals surface area contributed by atoms with Gasteiger partial charge >= 0.3 is 0 Å². The molecule has 0 saturated heterocycles. The van der Waals surface area contributed by atoms with Crippen LogP contribution >= 0.6 is 11.3 Å². The van der Waals surface area contributed by atoms with Gasteiger partial charge < -0.3 is 11.1 Å². The number of benzene rings is 1. The lowest BCUT2D eigenvalue weighted by Crippen LogP contribution is -2.28. The molecule has 0 aliphatic carbocycles. The van der Waals surface area contributed by atoms with Gasteiger partial charge in [-0.2, -0.15) is 0 Å². The molecule has 2 aromatic rings. The van der Waals surface area contributed by atoms with Crippen LogP contribution in [-0.4, -0.2) is 15.8 Å². The predicted molar refractivity (Wildman–Crippen MR) is 80.1 cm³/mol. The van der Waals surface area contributed by atoms with E-state index in [1.807, 2.05) is 12.3 Å². The van der Waals surface area contributed by atoms with Gasteiger partial charge in [0.1, 0.15) is 10.7 Å². The third kappa shape index (κ3) is 3.34. The molecule has 0 fully saturated rings. The normalized spacial score (nSPS) is 11.9. The lowest BCUT2D eigenvalue weighted by Gasteiger charge is -2.14. The van der Waals surface area contributed by atoms with Crippen molar-refractivity contribution in [3.63, 3.8) is 0 Å². The van der Waals surface area contributed by atoms with Crippen molar-refractivity contribution >= 4 is 28.6 Å².